The Morgan fingerprint density at radius 2 is 1.65 bits per heavy atom. The summed E-state index contributed by atoms with van der Waals surface area (Å²) in [6.07, 6.45) is 3.06. The van der Waals surface area contributed by atoms with E-state index in [1.54, 1.807) is 6.26 Å². The van der Waals surface area contributed by atoms with Crippen LogP contribution in [0.15, 0.2) is 83.5 Å². The van der Waals surface area contributed by atoms with Gasteiger partial charge in [0, 0.05) is 25.4 Å². The minimum Gasteiger partial charge on any atom is -0.469 e. The van der Waals surface area contributed by atoms with E-state index >= 15 is 0 Å². The van der Waals surface area contributed by atoms with E-state index in [-0.39, 0.29) is 11.8 Å². The van der Waals surface area contributed by atoms with Crippen molar-refractivity contribution in [1.82, 2.24) is 4.90 Å². The molecule has 0 N–H and O–H groups in total. The molecule has 1 atom stereocenters. The Kier molecular flexibility index (Phi) is 6.26. The number of hydrogen-bond acceptors (Lipinski definition) is 2. The molecule has 3 rings (SSSR count). The molecule has 134 valence electrons. The van der Waals surface area contributed by atoms with Gasteiger partial charge in [0.1, 0.15) is 5.76 Å². The maximum Gasteiger partial charge on any atom is 0.222 e. The van der Waals surface area contributed by atoms with Crippen LogP contribution < -0.4 is 0 Å². The van der Waals surface area contributed by atoms with Gasteiger partial charge >= 0.3 is 0 Å². The van der Waals surface area contributed by atoms with E-state index in [9.17, 15) is 4.79 Å². The van der Waals surface area contributed by atoms with Crippen molar-refractivity contribution < 1.29 is 9.21 Å². The molecule has 0 radical (unpaired) electrons. The van der Waals surface area contributed by atoms with Crippen molar-refractivity contribution in [2.75, 3.05) is 6.54 Å². The summed E-state index contributed by atoms with van der Waals surface area (Å²) in [7, 11) is 0. The topological polar surface area (TPSA) is 33.5 Å². The molecule has 1 amide bonds. The summed E-state index contributed by atoms with van der Waals surface area (Å²) >= 11 is 0. The molecule has 0 aliphatic rings. The molecule has 0 fully saturated rings. The molecular formula is C23H25NO2. The smallest absolute Gasteiger partial charge is 0.222 e. The van der Waals surface area contributed by atoms with E-state index in [1.165, 1.54) is 5.56 Å². The van der Waals surface area contributed by atoms with E-state index in [0.29, 0.717) is 19.5 Å². The average Bonchev–Trinajstić information content (AvgIpc) is 3.23. The summed E-state index contributed by atoms with van der Waals surface area (Å²) in [4.78, 5) is 14.4. The largest absolute Gasteiger partial charge is 0.469 e. The highest BCUT2D eigenvalue weighted by atomic mass is 16.3. The molecule has 0 saturated carbocycles. The van der Waals surface area contributed by atoms with E-state index in [1.807, 2.05) is 60.4 Å². The molecule has 3 aromatic rings. The third-order valence-corrected chi connectivity index (χ3v) is 4.65. The molecule has 0 bridgehead atoms. The Morgan fingerprint density at radius 1 is 0.962 bits per heavy atom. The van der Waals surface area contributed by atoms with Crippen molar-refractivity contribution in [3.8, 4) is 0 Å². The SMILES string of the molecule is CCC(=O)N(CC[C@@H](c1ccccc1)c1ccco1)Cc1ccccc1. The second kappa shape index (κ2) is 9.04. The predicted octanol–water partition coefficient (Wildman–Crippen LogP) is 5.24. The fourth-order valence-electron chi connectivity index (χ4n) is 3.25. The number of furan rings is 1. The first-order chi connectivity index (χ1) is 12.8. The van der Waals surface area contributed by atoms with Crippen LogP contribution in [0.2, 0.25) is 0 Å². The number of hydrogen-bond donors (Lipinski definition) is 0. The van der Waals surface area contributed by atoms with Gasteiger partial charge in [-0.3, -0.25) is 4.79 Å². The molecule has 0 aliphatic heterocycles. The van der Waals surface area contributed by atoms with E-state index < -0.39 is 0 Å². The number of nitrogens with zero attached hydrogens (tertiary/aromatic N) is 1. The summed E-state index contributed by atoms with van der Waals surface area (Å²) in [6, 6.07) is 24.4. The lowest BCUT2D eigenvalue weighted by atomic mass is 9.93. The van der Waals surface area contributed by atoms with E-state index in [0.717, 1.165) is 17.7 Å². The van der Waals surface area contributed by atoms with Crippen LogP contribution in [0.1, 0.15) is 42.6 Å². The maximum atomic E-state index is 12.5. The van der Waals surface area contributed by atoms with Crippen molar-refractivity contribution >= 4 is 5.91 Å². The molecule has 1 heterocycles. The van der Waals surface area contributed by atoms with Crippen LogP contribution >= 0.6 is 0 Å². The first kappa shape index (κ1) is 18.0. The lowest BCUT2D eigenvalue weighted by Gasteiger charge is -2.25. The fourth-order valence-corrected chi connectivity index (χ4v) is 3.25. The van der Waals surface area contributed by atoms with Crippen LogP contribution in [-0.2, 0) is 11.3 Å². The van der Waals surface area contributed by atoms with E-state index in [2.05, 4.69) is 24.3 Å². The summed E-state index contributed by atoms with van der Waals surface area (Å²) in [6.45, 7) is 3.26. The Bertz CT molecular complexity index is 782. The predicted molar refractivity (Wildman–Crippen MR) is 104 cm³/mol. The van der Waals surface area contributed by atoms with Crippen LogP contribution in [0.5, 0.6) is 0 Å². The molecule has 3 nitrogen and oxygen atoms in total. The van der Waals surface area contributed by atoms with Crippen LogP contribution in [0.3, 0.4) is 0 Å². The fraction of sp³-hybridized carbons (Fsp3) is 0.261. The third-order valence-electron chi connectivity index (χ3n) is 4.65. The van der Waals surface area contributed by atoms with Gasteiger partial charge in [-0.15, -0.1) is 0 Å². The lowest BCUT2D eigenvalue weighted by Crippen LogP contribution is -2.31. The standard InChI is InChI=1S/C23H25NO2/c1-2-23(25)24(18-19-10-5-3-6-11-19)16-15-21(22-14-9-17-26-22)20-12-7-4-8-13-20/h3-14,17,21H,2,15-16,18H2,1H3/t21-/m0/s1. The molecule has 3 heteroatoms. The summed E-state index contributed by atoms with van der Waals surface area (Å²) in [5.41, 5.74) is 2.37. The second-order valence-electron chi connectivity index (χ2n) is 6.42. The van der Waals surface area contributed by atoms with Crippen molar-refractivity contribution in [3.05, 3.63) is 95.9 Å². The molecule has 0 spiro atoms. The highest BCUT2D eigenvalue weighted by Gasteiger charge is 2.20. The van der Waals surface area contributed by atoms with Crippen LogP contribution in [0.25, 0.3) is 0 Å². The Labute approximate surface area is 155 Å². The average molecular weight is 347 g/mol. The van der Waals surface area contributed by atoms with Gasteiger partial charge in [0.05, 0.1) is 6.26 Å². The molecular weight excluding hydrogens is 322 g/mol. The highest BCUT2D eigenvalue weighted by Crippen LogP contribution is 2.28. The normalized spacial score (nSPS) is 11.9. The zero-order valence-electron chi connectivity index (χ0n) is 15.2. The van der Waals surface area contributed by atoms with E-state index in [4.69, 9.17) is 4.42 Å². The summed E-state index contributed by atoms with van der Waals surface area (Å²) in [5, 5.41) is 0. The van der Waals surface area contributed by atoms with Gasteiger partial charge in [0.2, 0.25) is 5.91 Å². The molecule has 26 heavy (non-hydrogen) atoms. The van der Waals surface area contributed by atoms with Gasteiger partial charge in [-0.25, -0.2) is 0 Å². The lowest BCUT2D eigenvalue weighted by molar-refractivity contribution is -0.131. The number of carbonyl (C=O) groups excluding carboxylic acids is 1. The van der Waals surface area contributed by atoms with Crippen molar-refractivity contribution in [2.24, 2.45) is 0 Å². The summed E-state index contributed by atoms with van der Waals surface area (Å²) in [5.74, 6) is 1.27. The molecule has 1 aromatic heterocycles. The summed E-state index contributed by atoms with van der Waals surface area (Å²) < 4.78 is 5.68. The minimum absolute atomic E-state index is 0.147. The van der Waals surface area contributed by atoms with Gasteiger partial charge in [0.25, 0.3) is 0 Å². The van der Waals surface area contributed by atoms with Gasteiger partial charge in [0.15, 0.2) is 0 Å². The quantitative estimate of drug-likeness (QED) is 0.558. The monoisotopic (exact) mass is 347 g/mol. The second-order valence-corrected chi connectivity index (χ2v) is 6.42. The van der Waals surface area contributed by atoms with Crippen LogP contribution in [0, 0.1) is 0 Å². The molecule has 0 unspecified atom stereocenters. The zero-order valence-corrected chi connectivity index (χ0v) is 15.2. The minimum atomic E-state index is 0.147. The maximum absolute atomic E-state index is 12.5. The number of carbonyl (C=O) groups is 1. The van der Waals surface area contributed by atoms with Gasteiger partial charge in [-0.05, 0) is 29.7 Å². The number of benzene rings is 2. The zero-order chi connectivity index (χ0) is 18.2. The van der Waals surface area contributed by atoms with Crippen molar-refractivity contribution in [2.45, 2.75) is 32.2 Å². The van der Waals surface area contributed by atoms with Crippen LogP contribution in [0.4, 0.5) is 0 Å². The third kappa shape index (κ3) is 4.63. The van der Waals surface area contributed by atoms with Crippen molar-refractivity contribution in [3.63, 3.8) is 0 Å². The first-order valence-electron chi connectivity index (χ1n) is 9.18. The van der Waals surface area contributed by atoms with Gasteiger partial charge in [-0.1, -0.05) is 67.6 Å². The number of amides is 1. The van der Waals surface area contributed by atoms with Crippen molar-refractivity contribution in [1.29, 1.82) is 0 Å². The Morgan fingerprint density at radius 3 is 2.27 bits per heavy atom. The van der Waals surface area contributed by atoms with Crippen LogP contribution in [-0.4, -0.2) is 17.4 Å². The Balaban J connectivity index is 1.75. The Hall–Kier alpha value is -2.81. The molecule has 0 saturated heterocycles. The highest BCUT2D eigenvalue weighted by molar-refractivity contribution is 5.75. The van der Waals surface area contributed by atoms with Gasteiger partial charge < -0.3 is 9.32 Å². The first-order valence-corrected chi connectivity index (χ1v) is 9.18. The number of rotatable bonds is 8. The van der Waals surface area contributed by atoms with Gasteiger partial charge in [-0.2, -0.15) is 0 Å². The molecule has 0 aliphatic carbocycles. The molecule has 2 aromatic carbocycles.